The van der Waals surface area contributed by atoms with E-state index in [2.05, 4.69) is 0 Å². The van der Waals surface area contributed by atoms with Crippen molar-refractivity contribution in [2.75, 3.05) is 13.2 Å². The monoisotopic (exact) mass is 483 g/mol. The molecule has 3 aromatic rings. The first-order valence-electron chi connectivity index (χ1n) is 10.0. The first-order valence-corrected chi connectivity index (χ1v) is 11.2. The van der Waals surface area contributed by atoms with Gasteiger partial charge in [0, 0.05) is 32.5 Å². The van der Waals surface area contributed by atoms with E-state index >= 15 is 0 Å². The minimum atomic E-state index is -1.53. The number of hydrogen-bond donors (Lipinski definition) is 4. The van der Waals surface area contributed by atoms with Crippen molar-refractivity contribution in [1.82, 2.24) is 4.57 Å². The maximum atomic E-state index is 14.7. The third-order valence-electron chi connectivity index (χ3n) is 5.34. The molecule has 0 spiro atoms. The largest absolute Gasteiger partial charge is 0.494 e. The van der Waals surface area contributed by atoms with Crippen molar-refractivity contribution in [3.8, 4) is 5.75 Å². The van der Waals surface area contributed by atoms with Gasteiger partial charge in [-0.15, -0.1) is 0 Å². The summed E-state index contributed by atoms with van der Waals surface area (Å²) in [6.07, 6.45) is -4.97. The molecule has 10 heteroatoms. The van der Waals surface area contributed by atoms with Crippen molar-refractivity contribution >= 4 is 34.3 Å². The number of hydrogen-bond acceptors (Lipinski definition) is 7. The molecule has 1 aliphatic rings. The predicted molar refractivity (Wildman–Crippen MR) is 118 cm³/mol. The lowest BCUT2D eigenvalue weighted by Crippen LogP contribution is -2.56. The summed E-state index contributed by atoms with van der Waals surface area (Å²) in [6, 6.07) is 9.75. The summed E-state index contributed by atoms with van der Waals surface area (Å²) >= 11 is 7.37. The van der Waals surface area contributed by atoms with Crippen LogP contribution in [0.4, 0.5) is 4.39 Å². The molecule has 1 aromatic heterocycles. The molecule has 0 bridgehead atoms. The van der Waals surface area contributed by atoms with Crippen LogP contribution >= 0.6 is 23.4 Å². The molecule has 172 valence electrons. The second-order valence-electron chi connectivity index (χ2n) is 7.41. The van der Waals surface area contributed by atoms with Gasteiger partial charge in [-0.3, -0.25) is 0 Å². The van der Waals surface area contributed by atoms with Gasteiger partial charge < -0.3 is 34.5 Å². The van der Waals surface area contributed by atoms with E-state index in [0.717, 1.165) is 5.39 Å². The number of aliphatic hydroxyl groups excluding tert-OH is 4. The molecule has 1 saturated heterocycles. The summed E-state index contributed by atoms with van der Waals surface area (Å²) in [5.41, 5.74) is 0.579. The van der Waals surface area contributed by atoms with E-state index < -0.39 is 43.1 Å². The van der Waals surface area contributed by atoms with Gasteiger partial charge in [-0.1, -0.05) is 29.4 Å². The van der Waals surface area contributed by atoms with Crippen LogP contribution in [-0.4, -0.2) is 62.6 Å². The van der Waals surface area contributed by atoms with E-state index in [0.29, 0.717) is 32.7 Å². The Morgan fingerprint density at radius 3 is 2.56 bits per heavy atom. The normalized spacial score (nSPS) is 25.9. The number of aromatic nitrogens is 1. The van der Waals surface area contributed by atoms with Crippen molar-refractivity contribution in [2.24, 2.45) is 0 Å². The topological polar surface area (TPSA) is 104 Å². The highest BCUT2D eigenvalue weighted by Crippen LogP contribution is 2.41. The molecule has 0 aliphatic carbocycles. The van der Waals surface area contributed by atoms with E-state index in [1.807, 2.05) is 6.92 Å². The molecule has 4 N–H and O–H groups in total. The summed E-state index contributed by atoms with van der Waals surface area (Å²) in [7, 11) is 0. The SMILES string of the molecule is CCOc1ccc(Sc2cn([C@@H]3O[C@H](CO)[C@@H](O)[C@H](O)[C@H]3O)c3cc(Cl)ccc23)c(F)c1. The molecule has 0 radical (unpaired) electrons. The lowest BCUT2D eigenvalue weighted by atomic mass is 9.98. The van der Waals surface area contributed by atoms with Crippen LogP contribution in [0, 0.1) is 5.82 Å². The second-order valence-corrected chi connectivity index (χ2v) is 8.93. The zero-order valence-corrected chi connectivity index (χ0v) is 18.6. The number of benzene rings is 2. The highest BCUT2D eigenvalue weighted by molar-refractivity contribution is 7.99. The average Bonchev–Trinajstić information content (AvgIpc) is 3.11. The van der Waals surface area contributed by atoms with E-state index in [4.69, 9.17) is 21.1 Å². The smallest absolute Gasteiger partial charge is 0.163 e. The first-order chi connectivity index (χ1) is 15.3. The fourth-order valence-corrected chi connectivity index (χ4v) is 4.88. The predicted octanol–water partition coefficient (Wildman–Crippen LogP) is 2.96. The summed E-state index contributed by atoms with van der Waals surface area (Å²) in [5.74, 6) is -0.00599. The Morgan fingerprint density at radius 2 is 1.88 bits per heavy atom. The van der Waals surface area contributed by atoms with Gasteiger partial charge in [-0.2, -0.15) is 0 Å². The van der Waals surface area contributed by atoms with Crippen molar-refractivity contribution in [3.05, 3.63) is 53.4 Å². The third-order valence-corrected chi connectivity index (χ3v) is 6.67. The van der Waals surface area contributed by atoms with Gasteiger partial charge >= 0.3 is 0 Å². The van der Waals surface area contributed by atoms with Gasteiger partial charge in [0.05, 0.1) is 18.7 Å². The highest BCUT2D eigenvalue weighted by Gasteiger charge is 2.44. The van der Waals surface area contributed by atoms with Crippen LogP contribution in [0.1, 0.15) is 13.2 Å². The Bertz CT molecular complexity index is 1110. The van der Waals surface area contributed by atoms with Gasteiger partial charge in [-0.05, 0) is 31.2 Å². The van der Waals surface area contributed by atoms with E-state index in [1.54, 1.807) is 41.1 Å². The highest BCUT2D eigenvalue weighted by atomic mass is 35.5. The second kappa shape index (κ2) is 9.56. The molecule has 2 aromatic carbocycles. The molecule has 1 fully saturated rings. The van der Waals surface area contributed by atoms with Crippen LogP contribution in [0.2, 0.25) is 5.02 Å². The van der Waals surface area contributed by atoms with Gasteiger partial charge in [-0.25, -0.2) is 4.39 Å². The van der Waals surface area contributed by atoms with Crippen LogP contribution in [0.25, 0.3) is 10.9 Å². The molecule has 1 aliphatic heterocycles. The molecule has 0 unspecified atom stereocenters. The third kappa shape index (κ3) is 4.34. The molecular weight excluding hydrogens is 461 g/mol. The van der Waals surface area contributed by atoms with Crippen molar-refractivity contribution in [2.45, 2.75) is 47.4 Å². The van der Waals surface area contributed by atoms with E-state index in [9.17, 15) is 24.8 Å². The zero-order valence-electron chi connectivity index (χ0n) is 17.1. The molecular formula is C22H23ClFNO6S. The number of ether oxygens (including phenoxy) is 2. The van der Waals surface area contributed by atoms with Crippen LogP contribution in [0.3, 0.4) is 0 Å². The van der Waals surface area contributed by atoms with Crippen LogP contribution < -0.4 is 4.74 Å². The summed E-state index contributed by atoms with van der Waals surface area (Å²) < 4.78 is 27.3. The first kappa shape index (κ1) is 23.3. The molecule has 7 nitrogen and oxygen atoms in total. The van der Waals surface area contributed by atoms with E-state index in [-0.39, 0.29) is 0 Å². The quantitative estimate of drug-likeness (QED) is 0.427. The summed E-state index contributed by atoms with van der Waals surface area (Å²) in [4.78, 5) is 1.04. The standard InChI is InChI=1S/C22H23ClFNO6S/c1-2-30-12-4-6-17(14(24)8-12)32-18-9-25(15-7-11(23)3-5-13(15)18)22-21(29)20(28)19(27)16(10-26)31-22/h3-9,16,19-22,26-29H,2,10H2,1H3/t16-,19-,20+,21-,22-/m1/s1. The maximum Gasteiger partial charge on any atom is 0.163 e. The molecule has 2 heterocycles. The fourth-order valence-electron chi connectivity index (χ4n) is 3.74. The molecule has 4 rings (SSSR count). The molecule has 0 amide bonds. The summed E-state index contributed by atoms with van der Waals surface area (Å²) in [6.45, 7) is 1.71. The molecule has 5 atom stereocenters. The number of aliphatic hydroxyl groups is 4. The lowest BCUT2D eigenvalue weighted by molar-refractivity contribution is -0.250. The van der Waals surface area contributed by atoms with E-state index in [1.165, 1.54) is 17.8 Å². The molecule has 32 heavy (non-hydrogen) atoms. The number of fused-ring (bicyclic) bond motifs is 1. The minimum Gasteiger partial charge on any atom is -0.494 e. The minimum absolute atomic E-state index is 0.372. The Kier molecular flexibility index (Phi) is 6.97. The van der Waals surface area contributed by atoms with Crippen molar-refractivity contribution in [3.63, 3.8) is 0 Å². The van der Waals surface area contributed by atoms with Gasteiger partial charge in [0.25, 0.3) is 0 Å². The van der Waals surface area contributed by atoms with Gasteiger partial charge in [0.2, 0.25) is 0 Å². The lowest BCUT2D eigenvalue weighted by Gasteiger charge is -2.40. The van der Waals surface area contributed by atoms with Crippen molar-refractivity contribution in [1.29, 1.82) is 0 Å². The fraction of sp³-hybridized carbons (Fsp3) is 0.364. The molecule has 0 saturated carbocycles. The number of halogens is 2. The zero-order chi connectivity index (χ0) is 23.0. The average molecular weight is 484 g/mol. The Morgan fingerprint density at radius 1 is 1.09 bits per heavy atom. The van der Waals surface area contributed by atoms with Gasteiger partial charge in [0.1, 0.15) is 36.0 Å². The van der Waals surface area contributed by atoms with Crippen molar-refractivity contribution < 1.29 is 34.3 Å². The summed E-state index contributed by atoms with van der Waals surface area (Å²) in [5, 5.41) is 41.5. The van der Waals surface area contributed by atoms with Gasteiger partial charge in [0.15, 0.2) is 6.23 Å². The number of nitrogens with zero attached hydrogens (tertiary/aromatic N) is 1. The Hall–Kier alpha value is -1.85. The number of rotatable bonds is 6. The van der Waals surface area contributed by atoms with Crippen LogP contribution in [0.15, 0.2) is 52.4 Å². The Labute approximate surface area is 192 Å². The van der Waals surface area contributed by atoms with Crippen LogP contribution in [-0.2, 0) is 4.74 Å². The maximum absolute atomic E-state index is 14.7. The Balaban J connectivity index is 1.75. The van der Waals surface area contributed by atoms with Crippen LogP contribution in [0.5, 0.6) is 5.75 Å².